The maximum atomic E-state index is 5.38. The largest absolute Gasteiger partial charge is 0.379 e. The van der Waals surface area contributed by atoms with Crippen LogP contribution in [0.25, 0.3) is 0 Å². The summed E-state index contributed by atoms with van der Waals surface area (Å²) in [5, 5.41) is 8.12. The molecule has 5 nitrogen and oxygen atoms in total. The molecule has 0 amide bonds. The summed E-state index contributed by atoms with van der Waals surface area (Å²) < 4.78 is 7.44. The number of fused-ring (bicyclic) bond motifs is 1. The normalized spacial score (nSPS) is 21.5. The lowest BCUT2D eigenvalue weighted by molar-refractivity contribution is 0.0334. The minimum atomic E-state index is 0.854. The lowest BCUT2D eigenvalue weighted by atomic mass is 10.1. The van der Waals surface area contributed by atoms with Crippen molar-refractivity contribution in [3.63, 3.8) is 0 Å². The van der Waals surface area contributed by atoms with E-state index in [2.05, 4.69) is 27.0 Å². The van der Waals surface area contributed by atoms with Crippen LogP contribution in [-0.2, 0) is 31.3 Å². The van der Waals surface area contributed by atoms with E-state index in [1.165, 1.54) is 17.0 Å². The molecule has 17 heavy (non-hydrogen) atoms. The Morgan fingerprint density at radius 3 is 3.00 bits per heavy atom. The van der Waals surface area contributed by atoms with Crippen molar-refractivity contribution >= 4 is 0 Å². The van der Waals surface area contributed by atoms with Crippen LogP contribution in [-0.4, -0.2) is 47.5 Å². The molecule has 94 valence electrons. The molecule has 0 spiro atoms. The minimum Gasteiger partial charge on any atom is -0.379 e. The summed E-state index contributed by atoms with van der Waals surface area (Å²) in [6.07, 6.45) is 1.10. The van der Waals surface area contributed by atoms with Gasteiger partial charge in [-0.25, -0.2) is 0 Å². The number of nitrogens with one attached hydrogen (secondary N) is 1. The number of nitrogens with zero attached hydrogens (tertiary/aromatic N) is 3. The van der Waals surface area contributed by atoms with Crippen molar-refractivity contribution in [3.05, 3.63) is 17.0 Å². The van der Waals surface area contributed by atoms with Crippen LogP contribution in [0.15, 0.2) is 0 Å². The van der Waals surface area contributed by atoms with Crippen LogP contribution in [0.1, 0.15) is 17.0 Å². The van der Waals surface area contributed by atoms with E-state index in [1.807, 2.05) is 0 Å². The third kappa shape index (κ3) is 2.22. The second kappa shape index (κ2) is 4.76. The second-order valence-corrected chi connectivity index (χ2v) is 4.81. The number of ether oxygens (including phenoxy) is 1. The monoisotopic (exact) mass is 236 g/mol. The van der Waals surface area contributed by atoms with Crippen LogP contribution in [0.4, 0.5) is 0 Å². The van der Waals surface area contributed by atoms with Crippen molar-refractivity contribution in [2.75, 3.05) is 32.8 Å². The van der Waals surface area contributed by atoms with Gasteiger partial charge in [0.15, 0.2) is 0 Å². The summed E-state index contributed by atoms with van der Waals surface area (Å²) in [5.74, 6) is 0. The first-order valence-corrected chi connectivity index (χ1v) is 6.39. The molecule has 0 aliphatic carbocycles. The Hall–Kier alpha value is -0.910. The van der Waals surface area contributed by atoms with Gasteiger partial charge in [0.25, 0.3) is 0 Å². The minimum absolute atomic E-state index is 0.854. The van der Waals surface area contributed by atoms with Gasteiger partial charge in [0.1, 0.15) is 0 Å². The van der Waals surface area contributed by atoms with Gasteiger partial charge >= 0.3 is 0 Å². The summed E-state index contributed by atoms with van der Waals surface area (Å²) in [5.41, 5.74) is 4.08. The topological polar surface area (TPSA) is 42.3 Å². The Bertz CT molecular complexity index is 395. The highest BCUT2D eigenvalue weighted by Crippen LogP contribution is 2.19. The van der Waals surface area contributed by atoms with Gasteiger partial charge in [-0.05, 0) is 0 Å². The quantitative estimate of drug-likeness (QED) is 0.778. The van der Waals surface area contributed by atoms with Gasteiger partial charge in [-0.3, -0.25) is 9.58 Å². The van der Waals surface area contributed by atoms with Crippen LogP contribution in [0.3, 0.4) is 0 Å². The molecule has 2 aliphatic heterocycles. The third-order valence-electron chi connectivity index (χ3n) is 3.68. The average Bonchev–Trinajstić information content (AvgIpc) is 2.69. The van der Waals surface area contributed by atoms with E-state index in [-0.39, 0.29) is 0 Å². The zero-order valence-electron chi connectivity index (χ0n) is 10.4. The molecule has 0 atom stereocenters. The Morgan fingerprint density at radius 2 is 2.18 bits per heavy atom. The lowest BCUT2D eigenvalue weighted by Crippen LogP contribution is -2.36. The van der Waals surface area contributed by atoms with Crippen LogP contribution in [0, 0.1) is 0 Å². The van der Waals surface area contributed by atoms with Crippen molar-refractivity contribution in [2.24, 2.45) is 7.05 Å². The van der Waals surface area contributed by atoms with Crippen molar-refractivity contribution in [2.45, 2.75) is 19.5 Å². The lowest BCUT2D eigenvalue weighted by Gasteiger charge is -2.26. The number of aromatic nitrogens is 2. The Labute approximate surface area is 102 Å². The van der Waals surface area contributed by atoms with Crippen molar-refractivity contribution in [3.8, 4) is 0 Å². The van der Waals surface area contributed by atoms with E-state index >= 15 is 0 Å². The van der Waals surface area contributed by atoms with Crippen molar-refractivity contribution < 1.29 is 4.74 Å². The molecule has 0 aromatic carbocycles. The Balaban J connectivity index is 1.78. The van der Waals surface area contributed by atoms with E-state index in [1.54, 1.807) is 0 Å². The molecule has 5 heteroatoms. The van der Waals surface area contributed by atoms with E-state index in [0.717, 1.165) is 52.4 Å². The fourth-order valence-electron chi connectivity index (χ4n) is 2.70. The van der Waals surface area contributed by atoms with Crippen LogP contribution in [0.5, 0.6) is 0 Å². The smallest absolute Gasteiger partial charge is 0.0812 e. The predicted molar refractivity (Wildman–Crippen MR) is 64.7 cm³/mol. The molecule has 1 aromatic rings. The molecule has 3 heterocycles. The summed E-state index contributed by atoms with van der Waals surface area (Å²) in [7, 11) is 2.06. The van der Waals surface area contributed by atoms with Gasteiger partial charge in [-0.15, -0.1) is 0 Å². The summed E-state index contributed by atoms with van der Waals surface area (Å²) in [6.45, 7) is 6.78. The molecule has 2 aliphatic rings. The molecular weight excluding hydrogens is 216 g/mol. The fraction of sp³-hybridized carbons (Fsp3) is 0.750. The molecule has 0 bridgehead atoms. The van der Waals surface area contributed by atoms with Gasteiger partial charge in [0.05, 0.1) is 18.9 Å². The average molecular weight is 236 g/mol. The van der Waals surface area contributed by atoms with Crippen molar-refractivity contribution in [1.29, 1.82) is 0 Å². The number of hydrogen-bond acceptors (Lipinski definition) is 4. The third-order valence-corrected chi connectivity index (χ3v) is 3.68. The molecule has 0 radical (unpaired) electrons. The van der Waals surface area contributed by atoms with E-state index in [4.69, 9.17) is 4.74 Å². The molecular formula is C12H20N4O. The second-order valence-electron chi connectivity index (χ2n) is 4.81. The zero-order chi connectivity index (χ0) is 11.7. The summed E-state index contributed by atoms with van der Waals surface area (Å²) >= 11 is 0. The van der Waals surface area contributed by atoms with Gasteiger partial charge in [0, 0.05) is 57.4 Å². The first-order valence-electron chi connectivity index (χ1n) is 6.39. The number of hydrogen-bond donors (Lipinski definition) is 1. The summed E-state index contributed by atoms with van der Waals surface area (Å²) in [6, 6.07) is 0. The zero-order valence-corrected chi connectivity index (χ0v) is 10.4. The highest BCUT2D eigenvalue weighted by Gasteiger charge is 2.21. The fourth-order valence-corrected chi connectivity index (χ4v) is 2.70. The SMILES string of the molecule is Cn1nc(CN2CCOCC2)c2c1CCNC2. The maximum Gasteiger partial charge on any atom is 0.0812 e. The standard InChI is InChI=1S/C12H20N4O/c1-15-12-2-3-13-8-10(12)11(14-15)9-16-4-6-17-7-5-16/h13H,2-9H2,1H3. The number of rotatable bonds is 2. The highest BCUT2D eigenvalue weighted by atomic mass is 16.5. The van der Waals surface area contributed by atoms with Crippen LogP contribution >= 0.6 is 0 Å². The molecule has 3 rings (SSSR count). The Kier molecular flexibility index (Phi) is 3.13. The van der Waals surface area contributed by atoms with Crippen LogP contribution in [0.2, 0.25) is 0 Å². The van der Waals surface area contributed by atoms with E-state index in [9.17, 15) is 0 Å². The molecule has 0 saturated carbocycles. The highest BCUT2D eigenvalue weighted by molar-refractivity contribution is 5.28. The van der Waals surface area contributed by atoms with Crippen LogP contribution < -0.4 is 5.32 Å². The predicted octanol–water partition coefficient (Wildman–Crippen LogP) is -0.102. The van der Waals surface area contributed by atoms with Gasteiger partial charge in [-0.1, -0.05) is 0 Å². The first kappa shape index (κ1) is 11.2. The van der Waals surface area contributed by atoms with E-state index in [0.29, 0.717) is 0 Å². The Morgan fingerprint density at radius 1 is 1.35 bits per heavy atom. The van der Waals surface area contributed by atoms with Gasteiger partial charge < -0.3 is 10.1 Å². The number of morpholine rings is 1. The van der Waals surface area contributed by atoms with Gasteiger partial charge in [0.2, 0.25) is 0 Å². The summed E-state index contributed by atoms with van der Waals surface area (Å²) in [4.78, 5) is 2.43. The van der Waals surface area contributed by atoms with Gasteiger partial charge in [-0.2, -0.15) is 5.10 Å². The molecule has 1 N–H and O–H groups in total. The van der Waals surface area contributed by atoms with E-state index < -0.39 is 0 Å². The number of aryl methyl sites for hydroxylation is 1. The molecule has 1 fully saturated rings. The maximum absolute atomic E-state index is 5.38. The molecule has 1 saturated heterocycles. The van der Waals surface area contributed by atoms with Crippen molar-refractivity contribution in [1.82, 2.24) is 20.0 Å². The molecule has 1 aromatic heterocycles. The molecule has 0 unspecified atom stereocenters. The first-order chi connectivity index (χ1) is 8.34.